The first-order valence-corrected chi connectivity index (χ1v) is 12.3. The molecule has 1 atom stereocenters. The number of fused-ring (bicyclic) bond motifs is 1. The second-order valence-corrected chi connectivity index (χ2v) is 10.5. The molecule has 1 aliphatic heterocycles. The second kappa shape index (κ2) is 8.63. The van der Waals surface area contributed by atoms with Crippen molar-refractivity contribution in [2.75, 3.05) is 18.4 Å². The van der Waals surface area contributed by atoms with Crippen molar-refractivity contribution in [3.63, 3.8) is 0 Å². The minimum atomic E-state index is 0.0499. The van der Waals surface area contributed by atoms with Gasteiger partial charge in [-0.05, 0) is 58.4 Å². The number of hydrogen-bond donors (Lipinski definition) is 1. The first kappa shape index (κ1) is 21.6. The van der Waals surface area contributed by atoms with Gasteiger partial charge in [-0.1, -0.05) is 18.2 Å². The SMILES string of the molecule is Cc1cc(-c2cc(C(=O)N3CCC(Nc4ccccc4)C3)c3cnn(C(C)C)c3n2)c(C)s1. The van der Waals surface area contributed by atoms with Crippen LogP contribution in [0.3, 0.4) is 0 Å². The fraction of sp³-hybridized carbons (Fsp3) is 0.346. The molecule has 1 aromatic carbocycles. The van der Waals surface area contributed by atoms with Gasteiger partial charge in [0, 0.05) is 46.2 Å². The third-order valence-corrected chi connectivity index (χ3v) is 7.19. The number of carbonyl (C=O) groups is 1. The Labute approximate surface area is 198 Å². The standard InChI is InChI=1S/C26H29N5OS/c1-16(2)31-25-23(14-27-31)22(13-24(29-25)21-12-17(3)33-18(21)4)26(32)30-11-10-20(15-30)28-19-8-6-5-7-9-19/h5-9,12-14,16,20,28H,10-11,15H2,1-4H3. The number of rotatable bonds is 5. The van der Waals surface area contributed by atoms with Crippen LogP contribution in [0.4, 0.5) is 5.69 Å². The monoisotopic (exact) mass is 459 g/mol. The van der Waals surface area contributed by atoms with E-state index in [4.69, 9.17) is 4.98 Å². The summed E-state index contributed by atoms with van der Waals surface area (Å²) in [5.41, 5.74) is 4.48. The van der Waals surface area contributed by atoms with Gasteiger partial charge in [-0.25, -0.2) is 9.67 Å². The van der Waals surface area contributed by atoms with Crippen LogP contribution >= 0.6 is 11.3 Å². The Hall–Kier alpha value is -3.19. The highest BCUT2D eigenvalue weighted by Crippen LogP contribution is 2.33. The fourth-order valence-corrected chi connectivity index (χ4v) is 5.53. The van der Waals surface area contributed by atoms with Crippen molar-refractivity contribution < 1.29 is 4.79 Å². The molecule has 0 aliphatic carbocycles. The minimum Gasteiger partial charge on any atom is -0.380 e. The first-order valence-electron chi connectivity index (χ1n) is 11.5. The highest BCUT2D eigenvalue weighted by Gasteiger charge is 2.29. The molecule has 1 saturated heterocycles. The van der Waals surface area contributed by atoms with Crippen LogP contribution in [0.1, 0.15) is 46.4 Å². The van der Waals surface area contributed by atoms with E-state index in [-0.39, 0.29) is 18.0 Å². The zero-order valence-corrected chi connectivity index (χ0v) is 20.3. The molecule has 33 heavy (non-hydrogen) atoms. The number of aromatic nitrogens is 3. The lowest BCUT2D eigenvalue weighted by Crippen LogP contribution is -2.31. The van der Waals surface area contributed by atoms with Gasteiger partial charge in [0.05, 0.1) is 22.8 Å². The van der Waals surface area contributed by atoms with Gasteiger partial charge in [0.2, 0.25) is 0 Å². The molecule has 1 unspecified atom stereocenters. The number of pyridine rings is 1. The van der Waals surface area contributed by atoms with Crippen LogP contribution in [-0.2, 0) is 0 Å². The summed E-state index contributed by atoms with van der Waals surface area (Å²) < 4.78 is 1.91. The quantitative estimate of drug-likeness (QED) is 0.417. The molecule has 4 heterocycles. The number of amides is 1. The van der Waals surface area contributed by atoms with E-state index in [0.717, 1.165) is 40.9 Å². The predicted octanol–water partition coefficient (Wildman–Crippen LogP) is 5.68. The van der Waals surface area contributed by atoms with E-state index < -0.39 is 0 Å². The van der Waals surface area contributed by atoms with Gasteiger partial charge < -0.3 is 10.2 Å². The molecule has 7 heteroatoms. The number of nitrogens with zero attached hydrogens (tertiary/aromatic N) is 4. The summed E-state index contributed by atoms with van der Waals surface area (Å²) in [4.78, 5) is 23.1. The number of nitrogens with one attached hydrogen (secondary N) is 1. The molecule has 6 nitrogen and oxygen atoms in total. The van der Waals surface area contributed by atoms with Crippen LogP contribution in [0.25, 0.3) is 22.3 Å². The van der Waals surface area contributed by atoms with Gasteiger partial charge in [-0.15, -0.1) is 11.3 Å². The Kier molecular flexibility index (Phi) is 5.66. The van der Waals surface area contributed by atoms with Crippen LogP contribution in [0.15, 0.2) is 48.7 Å². The van der Waals surface area contributed by atoms with E-state index in [0.29, 0.717) is 12.1 Å². The van der Waals surface area contributed by atoms with Gasteiger partial charge >= 0.3 is 0 Å². The molecule has 4 aromatic rings. The minimum absolute atomic E-state index is 0.0499. The van der Waals surface area contributed by atoms with E-state index in [1.807, 2.05) is 33.8 Å². The van der Waals surface area contributed by atoms with Gasteiger partial charge in [0.25, 0.3) is 5.91 Å². The average molecular weight is 460 g/mol. The van der Waals surface area contributed by atoms with Crippen LogP contribution in [-0.4, -0.2) is 44.7 Å². The maximum absolute atomic E-state index is 13.7. The number of likely N-dealkylation sites (tertiary alicyclic amines) is 1. The Bertz CT molecular complexity index is 1310. The lowest BCUT2D eigenvalue weighted by molar-refractivity contribution is 0.0793. The number of para-hydroxylation sites is 1. The van der Waals surface area contributed by atoms with Crippen molar-refractivity contribution in [3.8, 4) is 11.3 Å². The lowest BCUT2D eigenvalue weighted by Gasteiger charge is -2.19. The molecule has 0 bridgehead atoms. The van der Waals surface area contributed by atoms with Gasteiger partial charge in [0.1, 0.15) is 0 Å². The summed E-state index contributed by atoms with van der Waals surface area (Å²) in [6.07, 6.45) is 2.72. The van der Waals surface area contributed by atoms with Crippen molar-refractivity contribution >= 4 is 34.0 Å². The van der Waals surface area contributed by atoms with E-state index >= 15 is 0 Å². The second-order valence-electron chi connectivity index (χ2n) is 9.05. The van der Waals surface area contributed by atoms with Gasteiger partial charge in [-0.2, -0.15) is 5.10 Å². The van der Waals surface area contributed by atoms with Gasteiger partial charge in [-0.3, -0.25) is 4.79 Å². The maximum atomic E-state index is 13.7. The number of thiophene rings is 1. The zero-order valence-electron chi connectivity index (χ0n) is 19.5. The predicted molar refractivity (Wildman–Crippen MR) is 135 cm³/mol. The summed E-state index contributed by atoms with van der Waals surface area (Å²) in [5.74, 6) is 0.0499. The van der Waals surface area contributed by atoms with E-state index in [1.165, 1.54) is 9.75 Å². The van der Waals surface area contributed by atoms with E-state index in [2.05, 4.69) is 56.3 Å². The van der Waals surface area contributed by atoms with E-state index in [1.54, 1.807) is 17.5 Å². The Morgan fingerprint density at radius 3 is 2.67 bits per heavy atom. The molecule has 3 aromatic heterocycles. The highest BCUT2D eigenvalue weighted by molar-refractivity contribution is 7.12. The van der Waals surface area contributed by atoms with Crippen molar-refractivity contribution in [1.29, 1.82) is 0 Å². The van der Waals surface area contributed by atoms with Crippen molar-refractivity contribution in [1.82, 2.24) is 19.7 Å². The van der Waals surface area contributed by atoms with Crippen LogP contribution in [0.2, 0.25) is 0 Å². The van der Waals surface area contributed by atoms with Crippen molar-refractivity contribution in [2.24, 2.45) is 0 Å². The normalized spacial score (nSPS) is 16.2. The molecular weight excluding hydrogens is 430 g/mol. The van der Waals surface area contributed by atoms with Crippen LogP contribution in [0, 0.1) is 13.8 Å². The number of aryl methyl sites for hydroxylation is 2. The third-order valence-electron chi connectivity index (χ3n) is 6.22. The van der Waals surface area contributed by atoms with E-state index in [9.17, 15) is 4.79 Å². The summed E-state index contributed by atoms with van der Waals surface area (Å²) in [6.45, 7) is 9.80. The van der Waals surface area contributed by atoms with Crippen LogP contribution in [0.5, 0.6) is 0 Å². The molecule has 1 aliphatic rings. The zero-order chi connectivity index (χ0) is 23.1. The molecule has 0 saturated carbocycles. The van der Waals surface area contributed by atoms with Crippen LogP contribution < -0.4 is 5.32 Å². The molecule has 0 spiro atoms. The van der Waals surface area contributed by atoms with Gasteiger partial charge in [0.15, 0.2) is 5.65 Å². The Morgan fingerprint density at radius 1 is 1.18 bits per heavy atom. The smallest absolute Gasteiger partial charge is 0.254 e. The molecule has 5 rings (SSSR count). The number of benzene rings is 1. The lowest BCUT2D eigenvalue weighted by atomic mass is 10.1. The molecule has 1 fully saturated rings. The first-order chi connectivity index (χ1) is 15.9. The van der Waals surface area contributed by atoms with Crippen molar-refractivity contribution in [3.05, 3.63) is 64.0 Å². The Balaban J connectivity index is 1.50. The topological polar surface area (TPSA) is 63.1 Å². The number of anilines is 1. The fourth-order valence-electron chi connectivity index (χ4n) is 4.60. The molecular formula is C26H29N5OS. The Morgan fingerprint density at radius 2 is 1.97 bits per heavy atom. The third kappa shape index (κ3) is 4.13. The average Bonchev–Trinajstić information content (AvgIpc) is 3.51. The molecule has 170 valence electrons. The summed E-state index contributed by atoms with van der Waals surface area (Å²) in [5, 5.41) is 8.95. The summed E-state index contributed by atoms with van der Waals surface area (Å²) >= 11 is 1.76. The summed E-state index contributed by atoms with van der Waals surface area (Å²) in [6, 6.07) is 14.7. The summed E-state index contributed by atoms with van der Waals surface area (Å²) in [7, 11) is 0. The molecule has 0 radical (unpaired) electrons. The molecule has 1 N–H and O–H groups in total. The van der Waals surface area contributed by atoms with Crippen molar-refractivity contribution in [2.45, 2.75) is 46.2 Å². The number of hydrogen-bond acceptors (Lipinski definition) is 5. The number of carbonyl (C=O) groups excluding carboxylic acids is 1. The molecule has 1 amide bonds. The highest BCUT2D eigenvalue weighted by atomic mass is 32.1. The largest absolute Gasteiger partial charge is 0.380 e. The maximum Gasteiger partial charge on any atom is 0.254 e.